The van der Waals surface area contributed by atoms with Gasteiger partial charge >= 0.3 is 0 Å². The smallest absolute Gasteiger partial charge is 0.152 e. The number of carbonyl (C=O) groups is 1. The van der Waals surface area contributed by atoms with Crippen LogP contribution in [-0.4, -0.2) is 37.4 Å². The summed E-state index contributed by atoms with van der Waals surface area (Å²) >= 11 is 0. The lowest BCUT2D eigenvalue weighted by molar-refractivity contribution is 0.112. The molecule has 2 heterocycles. The van der Waals surface area contributed by atoms with Crippen molar-refractivity contribution in [3.63, 3.8) is 0 Å². The van der Waals surface area contributed by atoms with E-state index in [1.165, 1.54) is 5.69 Å². The molecule has 2 N–H and O–H groups in total. The van der Waals surface area contributed by atoms with Gasteiger partial charge in [0.1, 0.15) is 0 Å². The molecule has 1 aliphatic heterocycles. The van der Waals surface area contributed by atoms with Crippen LogP contribution in [0.3, 0.4) is 0 Å². The van der Waals surface area contributed by atoms with E-state index in [0.717, 1.165) is 48.9 Å². The molecule has 4 nitrogen and oxygen atoms in total. The first kappa shape index (κ1) is 10.4. The monoisotopic (exact) mass is 229 g/mol. The molecular formula is C13H15N3O. The van der Waals surface area contributed by atoms with Gasteiger partial charge in [-0.2, -0.15) is 0 Å². The normalized spacial score (nSPS) is 16.4. The van der Waals surface area contributed by atoms with E-state index in [0.29, 0.717) is 0 Å². The second kappa shape index (κ2) is 4.22. The van der Waals surface area contributed by atoms with Gasteiger partial charge in [-0.25, -0.2) is 0 Å². The summed E-state index contributed by atoms with van der Waals surface area (Å²) in [6.07, 6.45) is 2.67. The van der Waals surface area contributed by atoms with Gasteiger partial charge in [0, 0.05) is 54.5 Å². The van der Waals surface area contributed by atoms with Crippen molar-refractivity contribution in [1.82, 2.24) is 10.3 Å². The molecule has 2 aromatic rings. The molecule has 0 unspecified atom stereocenters. The van der Waals surface area contributed by atoms with E-state index in [4.69, 9.17) is 0 Å². The number of fused-ring (bicyclic) bond motifs is 1. The Morgan fingerprint density at radius 1 is 1.24 bits per heavy atom. The molecule has 1 aromatic heterocycles. The molecule has 0 atom stereocenters. The fourth-order valence-corrected chi connectivity index (χ4v) is 2.35. The van der Waals surface area contributed by atoms with Crippen LogP contribution in [0.15, 0.2) is 24.4 Å². The van der Waals surface area contributed by atoms with E-state index in [9.17, 15) is 4.79 Å². The Hall–Kier alpha value is -1.81. The first-order valence-corrected chi connectivity index (χ1v) is 5.90. The molecular weight excluding hydrogens is 214 g/mol. The van der Waals surface area contributed by atoms with Crippen molar-refractivity contribution < 1.29 is 4.79 Å². The van der Waals surface area contributed by atoms with Crippen LogP contribution in [0.25, 0.3) is 10.9 Å². The van der Waals surface area contributed by atoms with Gasteiger partial charge in [-0.3, -0.25) is 4.79 Å². The van der Waals surface area contributed by atoms with Gasteiger partial charge in [-0.15, -0.1) is 0 Å². The number of hydrogen-bond acceptors (Lipinski definition) is 3. The van der Waals surface area contributed by atoms with Gasteiger partial charge in [0.25, 0.3) is 0 Å². The van der Waals surface area contributed by atoms with Crippen LogP contribution >= 0.6 is 0 Å². The topological polar surface area (TPSA) is 48.1 Å². The zero-order valence-electron chi connectivity index (χ0n) is 9.57. The molecule has 88 valence electrons. The number of anilines is 1. The Morgan fingerprint density at radius 2 is 2.06 bits per heavy atom. The summed E-state index contributed by atoms with van der Waals surface area (Å²) in [5, 5.41) is 4.35. The Balaban J connectivity index is 2.01. The maximum Gasteiger partial charge on any atom is 0.152 e. The molecule has 0 radical (unpaired) electrons. The number of piperazine rings is 1. The number of nitrogens with one attached hydrogen (secondary N) is 2. The highest BCUT2D eigenvalue weighted by molar-refractivity contribution is 5.98. The molecule has 0 spiro atoms. The number of aromatic amines is 1. The standard InChI is InChI=1S/C13H15N3O/c17-9-10-8-15-13-2-1-11(7-12(10)13)16-5-3-14-4-6-16/h1-2,7-9,14-15H,3-6H2. The largest absolute Gasteiger partial charge is 0.369 e. The van der Waals surface area contributed by atoms with E-state index in [-0.39, 0.29) is 0 Å². The summed E-state index contributed by atoms with van der Waals surface area (Å²) in [6, 6.07) is 6.25. The number of benzene rings is 1. The highest BCUT2D eigenvalue weighted by Gasteiger charge is 2.11. The number of hydrogen-bond donors (Lipinski definition) is 2. The Kier molecular flexibility index (Phi) is 2.57. The van der Waals surface area contributed by atoms with E-state index in [1.54, 1.807) is 6.20 Å². The summed E-state index contributed by atoms with van der Waals surface area (Å²) in [5.74, 6) is 0. The maximum absolute atomic E-state index is 10.9. The number of aldehydes is 1. The van der Waals surface area contributed by atoms with Crippen molar-refractivity contribution in [3.05, 3.63) is 30.0 Å². The zero-order valence-corrected chi connectivity index (χ0v) is 9.57. The van der Waals surface area contributed by atoms with Crippen LogP contribution in [-0.2, 0) is 0 Å². The molecule has 1 saturated heterocycles. The second-order valence-corrected chi connectivity index (χ2v) is 4.33. The first-order chi connectivity index (χ1) is 8.38. The van der Waals surface area contributed by atoms with Crippen LogP contribution in [0.5, 0.6) is 0 Å². The number of carbonyl (C=O) groups excluding carboxylic acids is 1. The zero-order chi connectivity index (χ0) is 11.7. The van der Waals surface area contributed by atoms with Gasteiger partial charge in [0.2, 0.25) is 0 Å². The van der Waals surface area contributed by atoms with Crippen LogP contribution in [0.1, 0.15) is 10.4 Å². The lowest BCUT2D eigenvalue weighted by atomic mass is 10.1. The van der Waals surface area contributed by atoms with Crippen LogP contribution in [0, 0.1) is 0 Å². The minimum Gasteiger partial charge on any atom is -0.369 e. The SMILES string of the molecule is O=Cc1c[nH]c2ccc(N3CCNCC3)cc12. The van der Waals surface area contributed by atoms with Crippen LogP contribution in [0.2, 0.25) is 0 Å². The molecule has 1 aromatic carbocycles. The lowest BCUT2D eigenvalue weighted by Gasteiger charge is -2.29. The Bertz CT molecular complexity index is 541. The van der Waals surface area contributed by atoms with Gasteiger partial charge < -0.3 is 15.2 Å². The van der Waals surface area contributed by atoms with Crippen molar-refractivity contribution in [1.29, 1.82) is 0 Å². The molecule has 3 rings (SSSR count). The average molecular weight is 229 g/mol. The van der Waals surface area contributed by atoms with Crippen molar-refractivity contribution in [2.75, 3.05) is 31.1 Å². The average Bonchev–Trinajstić information content (AvgIpc) is 2.81. The van der Waals surface area contributed by atoms with E-state index < -0.39 is 0 Å². The van der Waals surface area contributed by atoms with E-state index >= 15 is 0 Å². The first-order valence-electron chi connectivity index (χ1n) is 5.90. The Morgan fingerprint density at radius 3 is 2.82 bits per heavy atom. The predicted octanol–water partition coefficient (Wildman–Crippen LogP) is 1.39. The fourth-order valence-electron chi connectivity index (χ4n) is 2.35. The fraction of sp³-hybridized carbons (Fsp3) is 0.308. The summed E-state index contributed by atoms with van der Waals surface area (Å²) in [4.78, 5) is 16.4. The minimum atomic E-state index is 0.733. The van der Waals surface area contributed by atoms with Gasteiger partial charge in [0.15, 0.2) is 6.29 Å². The number of rotatable bonds is 2. The summed E-state index contributed by atoms with van der Waals surface area (Å²) in [6.45, 7) is 4.08. The molecule has 0 saturated carbocycles. The molecule has 4 heteroatoms. The highest BCUT2D eigenvalue weighted by atomic mass is 16.1. The predicted molar refractivity (Wildman–Crippen MR) is 68.8 cm³/mol. The number of nitrogens with zero attached hydrogens (tertiary/aromatic N) is 1. The quantitative estimate of drug-likeness (QED) is 0.765. The molecule has 1 fully saturated rings. The third-order valence-electron chi connectivity index (χ3n) is 3.31. The third-order valence-corrected chi connectivity index (χ3v) is 3.31. The Labute approximate surface area is 99.6 Å². The number of aromatic nitrogens is 1. The van der Waals surface area contributed by atoms with E-state index in [2.05, 4.69) is 27.3 Å². The van der Waals surface area contributed by atoms with Crippen LogP contribution in [0.4, 0.5) is 5.69 Å². The maximum atomic E-state index is 10.9. The van der Waals surface area contributed by atoms with Crippen molar-refractivity contribution in [3.8, 4) is 0 Å². The van der Waals surface area contributed by atoms with Crippen molar-refractivity contribution in [2.24, 2.45) is 0 Å². The third kappa shape index (κ3) is 1.80. The molecule has 0 bridgehead atoms. The van der Waals surface area contributed by atoms with Crippen molar-refractivity contribution in [2.45, 2.75) is 0 Å². The summed E-state index contributed by atoms with van der Waals surface area (Å²) in [5.41, 5.74) is 2.95. The molecule has 0 aliphatic carbocycles. The minimum absolute atomic E-state index is 0.733. The van der Waals surface area contributed by atoms with E-state index in [1.807, 2.05) is 6.07 Å². The highest BCUT2D eigenvalue weighted by Crippen LogP contribution is 2.24. The van der Waals surface area contributed by atoms with Crippen molar-refractivity contribution >= 4 is 22.9 Å². The summed E-state index contributed by atoms with van der Waals surface area (Å²) < 4.78 is 0. The van der Waals surface area contributed by atoms with Gasteiger partial charge in [-0.1, -0.05) is 0 Å². The van der Waals surface area contributed by atoms with Gasteiger partial charge in [0.05, 0.1) is 0 Å². The van der Waals surface area contributed by atoms with Gasteiger partial charge in [-0.05, 0) is 18.2 Å². The lowest BCUT2D eigenvalue weighted by Crippen LogP contribution is -2.43. The summed E-state index contributed by atoms with van der Waals surface area (Å²) in [7, 11) is 0. The van der Waals surface area contributed by atoms with Crippen LogP contribution < -0.4 is 10.2 Å². The molecule has 17 heavy (non-hydrogen) atoms. The second-order valence-electron chi connectivity index (χ2n) is 4.33. The molecule has 0 amide bonds. The number of H-pyrrole nitrogens is 1. The molecule has 1 aliphatic rings.